The summed E-state index contributed by atoms with van der Waals surface area (Å²) < 4.78 is 5.89. The second kappa shape index (κ2) is 8.31. The Morgan fingerprint density at radius 3 is 3.11 bits per heavy atom. The van der Waals surface area contributed by atoms with E-state index in [0.29, 0.717) is 12.5 Å². The highest BCUT2D eigenvalue weighted by atomic mass is 16.5. The standard InChI is InChI=1S/C23H29N3O2/c1-17(26-22(27)23-11-4-2-8-19(23)14-24-16-23)18-7-6-10-21(13-18)28-15-20-9-3-5-12-25-20/h3,5-7,9-10,12-13,17,19,24H,2,4,8,11,14-16H2,1H3,(H,26,27)/t17?,19-,23+/m0/s1. The molecule has 2 fully saturated rings. The molecule has 1 amide bonds. The fourth-order valence-corrected chi connectivity index (χ4v) is 4.63. The van der Waals surface area contributed by atoms with Crippen molar-refractivity contribution in [2.75, 3.05) is 13.1 Å². The highest BCUT2D eigenvalue weighted by Crippen LogP contribution is 2.44. The van der Waals surface area contributed by atoms with Crippen LogP contribution in [-0.4, -0.2) is 24.0 Å². The molecule has 148 valence electrons. The minimum atomic E-state index is -0.223. The number of ether oxygens (including phenoxy) is 1. The molecule has 1 aliphatic carbocycles. The highest BCUT2D eigenvalue weighted by molar-refractivity contribution is 5.84. The molecule has 1 aromatic heterocycles. The molecular formula is C23H29N3O2. The second-order valence-corrected chi connectivity index (χ2v) is 8.11. The van der Waals surface area contributed by atoms with Crippen LogP contribution in [0.1, 0.15) is 49.9 Å². The van der Waals surface area contributed by atoms with E-state index >= 15 is 0 Å². The molecule has 28 heavy (non-hydrogen) atoms. The van der Waals surface area contributed by atoms with Gasteiger partial charge < -0.3 is 15.4 Å². The number of carbonyl (C=O) groups is 1. The summed E-state index contributed by atoms with van der Waals surface area (Å²) in [6.07, 6.45) is 6.31. The van der Waals surface area contributed by atoms with Gasteiger partial charge in [-0.2, -0.15) is 0 Å². The molecule has 0 radical (unpaired) electrons. The molecule has 3 atom stereocenters. The van der Waals surface area contributed by atoms with Crippen molar-refractivity contribution in [3.8, 4) is 5.75 Å². The largest absolute Gasteiger partial charge is 0.487 e. The molecule has 5 heteroatoms. The molecule has 2 aromatic rings. The predicted molar refractivity (Wildman–Crippen MR) is 109 cm³/mol. The van der Waals surface area contributed by atoms with Crippen molar-refractivity contribution in [3.05, 3.63) is 59.9 Å². The molecule has 1 unspecified atom stereocenters. The van der Waals surface area contributed by atoms with Gasteiger partial charge in [0, 0.05) is 12.7 Å². The Morgan fingerprint density at radius 2 is 2.25 bits per heavy atom. The van der Waals surface area contributed by atoms with Gasteiger partial charge in [-0.1, -0.05) is 31.0 Å². The first kappa shape index (κ1) is 18.9. The van der Waals surface area contributed by atoms with Crippen LogP contribution >= 0.6 is 0 Å². The molecule has 4 rings (SSSR count). The van der Waals surface area contributed by atoms with Crippen LogP contribution in [0.25, 0.3) is 0 Å². The summed E-state index contributed by atoms with van der Waals surface area (Å²) in [5.41, 5.74) is 1.73. The maximum absolute atomic E-state index is 13.2. The number of amides is 1. The Bertz CT molecular complexity index is 811. The fourth-order valence-electron chi connectivity index (χ4n) is 4.63. The first-order chi connectivity index (χ1) is 13.7. The normalized spacial score (nSPS) is 25.0. The Labute approximate surface area is 166 Å². The monoisotopic (exact) mass is 379 g/mol. The first-order valence-corrected chi connectivity index (χ1v) is 10.3. The second-order valence-electron chi connectivity index (χ2n) is 8.11. The summed E-state index contributed by atoms with van der Waals surface area (Å²) >= 11 is 0. The molecule has 1 saturated heterocycles. The van der Waals surface area contributed by atoms with Crippen LogP contribution in [0.2, 0.25) is 0 Å². The van der Waals surface area contributed by atoms with Crippen molar-refractivity contribution >= 4 is 5.91 Å². The summed E-state index contributed by atoms with van der Waals surface area (Å²) in [5, 5.41) is 6.74. The number of nitrogens with zero attached hydrogens (tertiary/aromatic N) is 1. The Kier molecular flexibility index (Phi) is 5.62. The van der Waals surface area contributed by atoms with Crippen molar-refractivity contribution < 1.29 is 9.53 Å². The summed E-state index contributed by atoms with van der Waals surface area (Å²) in [4.78, 5) is 17.5. The molecule has 2 aliphatic rings. The minimum absolute atomic E-state index is 0.0524. The first-order valence-electron chi connectivity index (χ1n) is 10.3. The van der Waals surface area contributed by atoms with Crippen LogP contribution < -0.4 is 15.4 Å². The van der Waals surface area contributed by atoms with E-state index in [1.807, 2.05) is 49.4 Å². The fraction of sp³-hybridized carbons (Fsp3) is 0.478. The highest BCUT2D eigenvalue weighted by Gasteiger charge is 2.49. The summed E-state index contributed by atoms with van der Waals surface area (Å²) in [7, 11) is 0. The number of pyridine rings is 1. The maximum Gasteiger partial charge on any atom is 0.228 e. The summed E-state index contributed by atoms with van der Waals surface area (Å²) in [6, 6.07) is 13.7. The quantitative estimate of drug-likeness (QED) is 0.805. The van der Waals surface area contributed by atoms with Gasteiger partial charge >= 0.3 is 0 Å². The number of rotatable bonds is 6. The van der Waals surface area contributed by atoms with Crippen molar-refractivity contribution in [2.24, 2.45) is 11.3 Å². The smallest absolute Gasteiger partial charge is 0.228 e. The van der Waals surface area contributed by atoms with Crippen LogP contribution in [0.5, 0.6) is 5.75 Å². The Morgan fingerprint density at radius 1 is 1.32 bits per heavy atom. The molecule has 1 aromatic carbocycles. The van der Waals surface area contributed by atoms with Crippen molar-refractivity contribution in [1.82, 2.24) is 15.6 Å². The number of hydrogen-bond acceptors (Lipinski definition) is 4. The van der Waals surface area contributed by atoms with E-state index in [9.17, 15) is 4.79 Å². The lowest BCUT2D eigenvalue weighted by Gasteiger charge is -2.38. The average Bonchev–Trinajstić information content (AvgIpc) is 3.19. The van der Waals surface area contributed by atoms with E-state index < -0.39 is 0 Å². The molecule has 5 nitrogen and oxygen atoms in total. The Hall–Kier alpha value is -2.40. The van der Waals surface area contributed by atoms with Crippen LogP contribution in [0.4, 0.5) is 0 Å². The van der Waals surface area contributed by atoms with Gasteiger partial charge in [-0.25, -0.2) is 0 Å². The molecule has 0 bridgehead atoms. The van der Waals surface area contributed by atoms with Gasteiger partial charge in [0.05, 0.1) is 17.2 Å². The predicted octanol–water partition coefficient (Wildman–Crippen LogP) is 3.62. The van der Waals surface area contributed by atoms with Crippen molar-refractivity contribution in [3.63, 3.8) is 0 Å². The number of aromatic nitrogens is 1. The lowest BCUT2D eigenvalue weighted by atomic mass is 9.67. The van der Waals surface area contributed by atoms with E-state index in [-0.39, 0.29) is 17.4 Å². The lowest BCUT2D eigenvalue weighted by molar-refractivity contribution is -0.134. The lowest BCUT2D eigenvalue weighted by Crippen LogP contribution is -2.48. The number of carbonyl (C=O) groups excluding carboxylic acids is 1. The third-order valence-electron chi connectivity index (χ3n) is 6.31. The molecule has 2 N–H and O–H groups in total. The van der Waals surface area contributed by atoms with Crippen molar-refractivity contribution in [2.45, 2.75) is 45.3 Å². The van der Waals surface area contributed by atoms with Gasteiger partial charge in [-0.05, 0) is 62.1 Å². The molecule has 1 saturated carbocycles. The topological polar surface area (TPSA) is 63.2 Å². The molecule has 2 heterocycles. The van der Waals surface area contributed by atoms with E-state index in [0.717, 1.165) is 49.4 Å². The van der Waals surface area contributed by atoms with E-state index in [4.69, 9.17) is 4.74 Å². The van der Waals surface area contributed by atoms with E-state index in [1.54, 1.807) is 6.20 Å². The van der Waals surface area contributed by atoms with Crippen LogP contribution in [0, 0.1) is 11.3 Å². The molecule has 1 aliphatic heterocycles. The van der Waals surface area contributed by atoms with Crippen LogP contribution in [-0.2, 0) is 11.4 Å². The molecular weight excluding hydrogens is 350 g/mol. The van der Waals surface area contributed by atoms with Gasteiger partial charge in [0.15, 0.2) is 0 Å². The van der Waals surface area contributed by atoms with Crippen LogP contribution in [0.3, 0.4) is 0 Å². The van der Waals surface area contributed by atoms with Gasteiger partial charge in [0.2, 0.25) is 5.91 Å². The minimum Gasteiger partial charge on any atom is -0.487 e. The van der Waals surface area contributed by atoms with E-state index in [1.165, 1.54) is 6.42 Å². The van der Waals surface area contributed by atoms with Gasteiger partial charge in [0.25, 0.3) is 0 Å². The number of fused-ring (bicyclic) bond motifs is 1. The van der Waals surface area contributed by atoms with Gasteiger partial charge in [-0.3, -0.25) is 9.78 Å². The number of hydrogen-bond donors (Lipinski definition) is 2. The van der Waals surface area contributed by atoms with Crippen LogP contribution in [0.15, 0.2) is 48.7 Å². The average molecular weight is 380 g/mol. The zero-order chi connectivity index (χ0) is 19.4. The van der Waals surface area contributed by atoms with Gasteiger partial charge in [0.1, 0.15) is 12.4 Å². The zero-order valence-corrected chi connectivity index (χ0v) is 16.5. The molecule has 0 spiro atoms. The Balaban J connectivity index is 1.40. The van der Waals surface area contributed by atoms with Gasteiger partial charge in [-0.15, -0.1) is 0 Å². The zero-order valence-electron chi connectivity index (χ0n) is 16.5. The van der Waals surface area contributed by atoms with Crippen molar-refractivity contribution in [1.29, 1.82) is 0 Å². The summed E-state index contributed by atoms with van der Waals surface area (Å²) in [5.74, 6) is 1.47. The number of benzene rings is 1. The SMILES string of the molecule is CC(NC(=O)[C@@]12CCCC[C@H]1CNC2)c1cccc(OCc2ccccn2)c1. The maximum atomic E-state index is 13.2. The van der Waals surface area contributed by atoms with E-state index in [2.05, 4.69) is 15.6 Å². The summed E-state index contributed by atoms with van der Waals surface area (Å²) in [6.45, 7) is 4.26. The third kappa shape index (κ3) is 3.90. The third-order valence-corrected chi connectivity index (χ3v) is 6.31. The number of nitrogens with one attached hydrogen (secondary N) is 2.